The predicted octanol–water partition coefficient (Wildman–Crippen LogP) is 3.24. The van der Waals surface area contributed by atoms with E-state index in [1.807, 2.05) is 6.92 Å². The molecule has 0 amide bonds. The first kappa shape index (κ1) is 15.9. The molecule has 25 heavy (non-hydrogen) atoms. The number of hydrogen-bond donors (Lipinski definition) is 0. The minimum absolute atomic E-state index is 0.119. The number of piperidine rings is 1. The highest BCUT2D eigenvalue weighted by Gasteiger charge is 2.27. The van der Waals surface area contributed by atoms with E-state index in [9.17, 15) is 8.78 Å². The highest BCUT2D eigenvalue weighted by molar-refractivity contribution is 5.89. The minimum Gasteiger partial charge on any atom is -0.355 e. The predicted molar refractivity (Wildman–Crippen MR) is 87.3 cm³/mol. The van der Waals surface area contributed by atoms with E-state index in [2.05, 4.69) is 25.0 Å². The molecule has 2 aromatic heterocycles. The standard InChI is InChI=1S/C17H17F2N5O/c1-2-15-22-16(23-25-15)10-4-3-5-24(8-10)17-11-6-12(18)13(19)7-14(11)20-9-21-17/h6-7,9-10H,2-5,8H2,1H3. The molecule has 3 heterocycles. The van der Waals surface area contributed by atoms with Gasteiger partial charge in [0.2, 0.25) is 5.89 Å². The van der Waals surface area contributed by atoms with Crippen LogP contribution in [0, 0.1) is 11.6 Å². The molecule has 130 valence electrons. The normalized spacial score (nSPS) is 18.0. The summed E-state index contributed by atoms with van der Waals surface area (Å²) in [6, 6.07) is 2.26. The van der Waals surface area contributed by atoms with Crippen LogP contribution in [0.1, 0.15) is 37.4 Å². The lowest BCUT2D eigenvalue weighted by atomic mass is 9.97. The van der Waals surface area contributed by atoms with Gasteiger partial charge in [-0.2, -0.15) is 4.98 Å². The molecule has 0 bridgehead atoms. The third-order valence-corrected chi connectivity index (χ3v) is 4.53. The summed E-state index contributed by atoms with van der Waals surface area (Å²) in [5.74, 6) is 0.227. The molecule has 1 aromatic carbocycles. The zero-order chi connectivity index (χ0) is 17.4. The summed E-state index contributed by atoms with van der Waals surface area (Å²) in [4.78, 5) is 14.8. The van der Waals surface area contributed by atoms with Crippen molar-refractivity contribution < 1.29 is 13.3 Å². The molecule has 1 aliphatic rings. The maximum absolute atomic E-state index is 13.7. The van der Waals surface area contributed by atoms with Gasteiger partial charge in [0.15, 0.2) is 17.5 Å². The van der Waals surface area contributed by atoms with Crippen molar-refractivity contribution >= 4 is 16.7 Å². The van der Waals surface area contributed by atoms with E-state index in [0.717, 1.165) is 31.5 Å². The van der Waals surface area contributed by atoms with E-state index in [0.29, 0.717) is 41.4 Å². The van der Waals surface area contributed by atoms with Gasteiger partial charge in [-0.25, -0.2) is 18.7 Å². The second kappa shape index (κ2) is 6.34. The van der Waals surface area contributed by atoms with E-state index in [-0.39, 0.29) is 5.92 Å². The van der Waals surface area contributed by atoms with Crippen molar-refractivity contribution in [2.75, 3.05) is 18.0 Å². The third kappa shape index (κ3) is 2.92. The number of rotatable bonds is 3. The number of hydrogen-bond acceptors (Lipinski definition) is 6. The summed E-state index contributed by atoms with van der Waals surface area (Å²) in [7, 11) is 0. The Balaban J connectivity index is 1.67. The summed E-state index contributed by atoms with van der Waals surface area (Å²) < 4.78 is 32.4. The fourth-order valence-corrected chi connectivity index (χ4v) is 3.25. The number of halogens is 2. The average molecular weight is 345 g/mol. The molecule has 4 rings (SSSR count). The quantitative estimate of drug-likeness (QED) is 0.726. The molecule has 1 aliphatic heterocycles. The van der Waals surface area contributed by atoms with Gasteiger partial charge in [0.05, 0.1) is 5.52 Å². The third-order valence-electron chi connectivity index (χ3n) is 4.53. The first-order chi connectivity index (χ1) is 12.2. The van der Waals surface area contributed by atoms with Crippen molar-refractivity contribution in [2.24, 2.45) is 0 Å². The van der Waals surface area contributed by atoms with Gasteiger partial charge < -0.3 is 9.42 Å². The number of nitrogens with zero attached hydrogens (tertiary/aromatic N) is 5. The van der Waals surface area contributed by atoms with Crippen LogP contribution >= 0.6 is 0 Å². The van der Waals surface area contributed by atoms with Gasteiger partial charge in [0.25, 0.3) is 0 Å². The maximum Gasteiger partial charge on any atom is 0.226 e. The lowest BCUT2D eigenvalue weighted by Crippen LogP contribution is -2.35. The van der Waals surface area contributed by atoms with E-state index >= 15 is 0 Å². The molecule has 1 unspecified atom stereocenters. The van der Waals surface area contributed by atoms with E-state index in [1.165, 1.54) is 6.33 Å². The number of aryl methyl sites for hydroxylation is 1. The first-order valence-corrected chi connectivity index (χ1v) is 8.33. The van der Waals surface area contributed by atoms with Crippen molar-refractivity contribution in [2.45, 2.75) is 32.1 Å². The molecular weight excluding hydrogens is 328 g/mol. The van der Waals surface area contributed by atoms with Crippen molar-refractivity contribution in [3.63, 3.8) is 0 Å². The Hall–Kier alpha value is -2.64. The zero-order valence-electron chi connectivity index (χ0n) is 13.7. The molecule has 1 atom stereocenters. The average Bonchev–Trinajstić information content (AvgIpc) is 3.12. The molecule has 0 N–H and O–H groups in total. The summed E-state index contributed by atoms with van der Waals surface area (Å²) in [5.41, 5.74) is 0.388. The highest BCUT2D eigenvalue weighted by Crippen LogP contribution is 2.31. The fourth-order valence-electron chi connectivity index (χ4n) is 3.25. The van der Waals surface area contributed by atoms with E-state index < -0.39 is 11.6 Å². The largest absolute Gasteiger partial charge is 0.355 e. The van der Waals surface area contributed by atoms with Crippen LogP contribution in [0.25, 0.3) is 10.9 Å². The molecule has 1 fully saturated rings. The summed E-state index contributed by atoms with van der Waals surface area (Å²) in [5, 5.41) is 4.58. The lowest BCUT2D eigenvalue weighted by molar-refractivity contribution is 0.368. The summed E-state index contributed by atoms with van der Waals surface area (Å²) >= 11 is 0. The van der Waals surface area contributed by atoms with Crippen LogP contribution in [0.15, 0.2) is 23.0 Å². The van der Waals surface area contributed by atoms with Crippen molar-refractivity contribution in [1.82, 2.24) is 20.1 Å². The summed E-state index contributed by atoms with van der Waals surface area (Å²) in [6.45, 7) is 3.39. The number of benzene rings is 1. The van der Waals surface area contributed by atoms with Gasteiger partial charge in [-0.1, -0.05) is 12.1 Å². The van der Waals surface area contributed by atoms with Gasteiger partial charge in [0.1, 0.15) is 12.1 Å². The Morgan fingerprint density at radius 3 is 2.88 bits per heavy atom. The fraction of sp³-hybridized carbons (Fsp3) is 0.412. The molecule has 0 saturated carbocycles. The second-order valence-corrected chi connectivity index (χ2v) is 6.17. The van der Waals surface area contributed by atoms with Crippen LogP contribution in [0.2, 0.25) is 0 Å². The Labute approximate surface area is 142 Å². The topological polar surface area (TPSA) is 67.9 Å². The van der Waals surface area contributed by atoms with Crippen LogP contribution in [-0.4, -0.2) is 33.2 Å². The van der Waals surface area contributed by atoms with E-state index in [1.54, 1.807) is 0 Å². The molecule has 3 aromatic rings. The van der Waals surface area contributed by atoms with Crippen LogP contribution in [-0.2, 0) is 6.42 Å². The van der Waals surface area contributed by atoms with Gasteiger partial charge in [-0.3, -0.25) is 0 Å². The minimum atomic E-state index is -0.910. The number of aromatic nitrogens is 4. The second-order valence-electron chi connectivity index (χ2n) is 6.17. The Bertz CT molecular complexity index is 913. The zero-order valence-corrected chi connectivity index (χ0v) is 13.7. The van der Waals surface area contributed by atoms with Crippen molar-refractivity contribution in [3.8, 4) is 0 Å². The van der Waals surface area contributed by atoms with Crippen molar-refractivity contribution in [3.05, 3.63) is 41.8 Å². The molecule has 0 spiro atoms. The highest BCUT2D eigenvalue weighted by atomic mass is 19.2. The van der Waals surface area contributed by atoms with Gasteiger partial charge in [-0.15, -0.1) is 0 Å². The Morgan fingerprint density at radius 2 is 2.08 bits per heavy atom. The monoisotopic (exact) mass is 345 g/mol. The molecule has 0 radical (unpaired) electrons. The lowest BCUT2D eigenvalue weighted by Gasteiger charge is -2.32. The van der Waals surface area contributed by atoms with Gasteiger partial charge in [0, 0.05) is 36.9 Å². The molecule has 1 saturated heterocycles. The SMILES string of the molecule is CCc1nc(C2CCCN(c3ncnc4cc(F)c(F)cc34)C2)no1. The molecule has 6 nitrogen and oxygen atoms in total. The van der Waals surface area contributed by atoms with Crippen molar-refractivity contribution in [1.29, 1.82) is 0 Å². The van der Waals surface area contributed by atoms with Gasteiger partial charge in [-0.05, 0) is 18.9 Å². The maximum atomic E-state index is 13.7. The smallest absolute Gasteiger partial charge is 0.226 e. The molecule has 0 aliphatic carbocycles. The molecule has 8 heteroatoms. The number of fused-ring (bicyclic) bond motifs is 1. The Morgan fingerprint density at radius 1 is 1.24 bits per heavy atom. The van der Waals surface area contributed by atoms with Crippen LogP contribution < -0.4 is 4.90 Å². The first-order valence-electron chi connectivity index (χ1n) is 8.33. The Kier molecular flexibility index (Phi) is 4.03. The van der Waals surface area contributed by atoms with Crippen LogP contribution in [0.3, 0.4) is 0 Å². The van der Waals surface area contributed by atoms with Crippen LogP contribution in [0.4, 0.5) is 14.6 Å². The van der Waals surface area contributed by atoms with Gasteiger partial charge >= 0.3 is 0 Å². The molecular formula is C17H17F2N5O. The van der Waals surface area contributed by atoms with E-state index in [4.69, 9.17) is 4.52 Å². The summed E-state index contributed by atoms with van der Waals surface area (Å²) in [6.07, 6.45) is 3.95. The van der Waals surface area contributed by atoms with Crippen LogP contribution in [0.5, 0.6) is 0 Å². The number of anilines is 1.